The molecule has 0 radical (unpaired) electrons. The number of rotatable bonds is 15. The van der Waals surface area contributed by atoms with E-state index in [4.69, 9.17) is 22.9 Å². The molecule has 3 rings (SSSR count). The topological polar surface area (TPSA) is 412 Å². The van der Waals surface area contributed by atoms with E-state index >= 15 is 0 Å². The number of phenols is 1. The molecule has 0 aromatic heterocycles. The van der Waals surface area contributed by atoms with Gasteiger partial charge in [0.15, 0.2) is 0 Å². The van der Waals surface area contributed by atoms with Crippen molar-refractivity contribution in [3.8, 4) is 5.75 Å². The number of hydrogen-bond acceptors (Lipinski definition) is 15. The zero-order chi connectivity index (χ0) is 51.5. The molecule has 0 bridgehead atoms. The predicted octanol–water partition coefficient (Wildman–Crippen LogP) is -3.51. The Morgan fingerprint density at radius 1 is 0.783 bits per heavy atom. The lowest BCUT2D eigenvalue weighted by atomic mass is 9.96. The predicted molar refractivity (Wildman–Crippen MR) is 253 cm³/mol. The fraction of sp³-hybridized carbons (Fsp3) is 0.595. The minimum Gasteiger partial charge on any atom is -0.508 e. The van der Waals surface area contributed by atoms with Gasteiger partial charge in [0.05, 0.1) is 12.5 Å². The molecule has 12 amide bonds. The second kappa shape index (κ2) is 27.6. The van der Waals surface area contributed by atoms with Crippen molar-refractivity contribution < 1.29 is 57.8 Å². The van der Waals surface area contributed by atoms with Crippen molar-refractivity contribution in [1.82, 2.24) is 47.7 Å². The number of aromatic hydroxyl groups is 1. The monoisotopic (exact) mass is 1010 g/mol. The fourth-order valence-corrected chi connectivity index (χ4v) is 9.53. The highest BCUT2D eigenvalue weighted by Gasteiger charge is 2.41. The van der Waals surface area contributed by atoms with Gasteiger partial charge < -0.3 is 64.8 Å². The Kier molecular flexibility index (Phi) is 22.8. The summed E-state index contributed by atoms with van der Waals surface area (Å²) < 4.78 is 0. The lowest BCUT2D eigenvalue weighted by Crippen LogP contribution is -2.61. The van der Waals surface area contributed by atoms with Gasteiger partial charge in [0, 0.05) is 30.9 Å². The molecule has 0 unspecified atom stereocenters. The van der Waals surface area contributed by atoms with Gasteiger partial charge in [-0.1, -0.05) is 67.8 Å². The SMILES string of the molecule is CC[C@H](C)[C@@H]1NC(=O)[C@H](Cc2ccc(O)cc2)NC(=O)[C@@H](N)CSSC[C@@H](C(=O)N2CCC[C@H]2C(=O)N[C@@H](CC(C)C)C(=O)NNC(N)=O)NC(=O)[C@H](CC(N)=O)NC(=O)[C@H](CCC(N)=O)NC1=O. The zero-order valence-electron chi connectivity index (χ0n) is 38.9. The van der Waals surface area contributed by atoms with Crippen molar-refractivity contribution in [2.75, 3.05) is 18.1 Å². The molecule has 0 spiro atoms. The van der Waals surface area contributed by atoms with E-state index in [-0.39, 0.29) is 49.0 Å². The van der Waals surface area contributed by atoms with Crippen molar-refractivity contribution in [3.63, 3.8) is 0 Å². The number of nitrogens with zero attached hydrogens (tertiary/aromatic N) is 1. The van der Waals surface area contributed by atoms with Gasteiger partial charge in [0.1, 0.15) is 48.0 Å². The summed E-state index contributed by atoms with van der Waals surface area (Å²) in [5.74, 6) is -9.82. The summed E-state index contributed by atoms with van der Waals surface area (Å²) in [7, 11) is 2.03. The summed E-state index contributed by atoms with van der Waals surface area (Å²) in [6.07, 6.45) is -0.778. The third-order valence-corrected chi connectivity index (χ3v) is 13.6. The number of hydrogen-bond donors (Lipinski definition) is 13. The van der Waals surface area contributed by atoms with Crippen LogP contribution in [0.5, 0.6) is 5.75 Å². The smallest absolute Gasteiger partial charge is 0.330 e. The molecule has 17 N–H and O–H groups in total. The van der Waals surface area contributed by atoms with E-state index in [2.05, 4.69) is 37.3 Å². The number of nitrogens with two attached hydrogens (primary N) is 4. The number of phenolic OH excluding ortho intramolecular Hbond substituents is 1. The van der Waals surface area contributed by atoms with E-state index in [9.17, 15) is 57.8 Å². The van der Waals surface area contributed by atoms with Crippen LogP contribution in [0.15, 0.2) is 24.3 Å². The number of benzene rings is 1. The summed E-state index contributed by atoms with van der Waals surface area (Å²) in [6.45, 7) is 7.02. The average molecular weight is 1010 g/mol. The number of carbonyl (C=O) groups excluding carboxylic acids is 11. The Hall–Kier alpha value is -6.35. The lowest BCUT2D eigenvalue weighted by Gasteiger charge is -2.31. The van der Waals surface area contributed by atoms with Gasteiger partial charge in [-0.25, -0.2) is 10.2 Å². The fourth-order valence-electron chi connectivity index (χ4n) is 7.26. The van der Waals surface area contributed by atoms with E-state index in [1.165, 1.54) is 29.2 Å². The second-order valence-electron chi connectivity index (χ2n) is 17.2. The molecule has 27 heteroatoms. The molecule has 2 fully saturated rings. The molecular weight excluding hydrogens is 943 g/mol. The first-order valence-corrected chi connectivity index (χ1v) is 24.8. The molecule has 9 atom stereocenters. The molecular formula is C42H65N13O12S2. The maximum Gasteiger partial charge on any atom is 0.330 e. The van der Waals surface area contributed by atoms with E-state index in [1.807, 2.05) is 5.43 Å². The lowest BCUT2D eigenvalue weighted by molar-refractivity contribution is -0.142. The number of nitrogens with one attached hydrogen (secondary N) is 8. The highest BCUT2D eigenvalue weighted by Crippen LogP contribution is 2.26. The van der Waals surface area contributed by atoms with Gasteiger partial charge in [-0.05, 0) is 55.2 Å². The highest BCUT2D eigenvalue weighted by atomic mass is 33.1. The first-order valence-electron chi connectivity index (χ1n) is 22.3. The number of hydrazine groups is 1. The van der Waals surface area contributed by atoms with Crippen molar-refractivity contribution >= 4 is 86.7 Å². The van der Waals surface area contributed by atoms with Crippen LogP contribution in [0.2, 0.25) is 0 Å². The van der Waals surface area contributed by atoms with Crippen molar-refractivity contribution in [3.05, 3.63) is 29.8 Å². The average Bonchev–Trinajstić information content (AvgIpc) is 3.78. The van der Waals surface area contributed by atoms with E-state index < -0.39 is 139 Å². The third kappa shape index (κ3) is 18.6. The molecule has 2 saturated heterocycles. The minimum atomic E-state index is -1.76. The van der Waals surface area contributed by atoms with Gasteiger partial charge in [0.25, 0.3) is 5.91 Å². The second-order valence-corrected chi connectivity index (χ2v) is 19.7. The number of likely N-dealkylation sites (tertiary alicyclic amines) is 1. The van der Waals surface area contributed by atoms with Gasteiger partial charge >= 0.3 is 6.03 Å². The Labute approximate surface area is 406 Å². The van der Waals surface area contributed by atoms with Gasteiger partial charge in [0.2, 0.25) is 53.2 Å². The quantitative estimate of drug-likeness (QED) is 0.0599. The third-order valence-electron chi connectivity index (χ3n) is 11.2. The largest absolute Gasteiger partial charge is 0.508 e. The van der Waals surface area contributed by atoms with Gasteiger partial charge in [-0.2, -0.15) is 0 Å². The molecule has 1 aromatic carbocycles. The molecule has 382 valence electrons. The number of primary amides is 3. The van der Waals surface area contributed by atoms with Crippen LogP contribution in [0.25, 0.3) is 0 Å². The van der Waals surface area contributed by atoms with Crippen LogP contribution in [0, 0.1) is 11.8 Å². The number of urea groups is 1. The number of carbonyl (C=O) groups is 11. The first-order chi connectivity index (χ1) is 32.5. The van der Waals surface area contributed by atoms with Crippen molar-refractivity contribution in [2.24, 2.45) is 34.8 Å². The van der Waals surface area contributed by atoms with Crippen LogP contribution in [-0.2, 0) is 54.4 Å². The van der Waals surface area contributed by atoms with E-state index in [0.717, 1.165) is 21.6 Å². The number of amides is 12. The summed E-state index contributed by atoms with van der Waals surface area (Å²) >= 11 is 0. The molecule has 0 saturated carbocycles. The molecule has 25 nitrogen and oxygen atoms in total. The normalized spacial score (nSPS) is 24.2. The van der Waals surface area contributed by atoms with Crippen LogP contribution in [0.4, 0.5) is 4.79 Å². The molecule has 2 heterocycles. The van der Waals surface area contributed by atoms with Gasteiger partial charge in [-0.15, -0.1) is 0 Å². The Balaban J connectivity index is 2.05. The van der Waals surface area contributed by atoms with Crippen LogP contribution < -0.4 is 65.7 Å². The molecule has 69 heavy (non-hydrogen) atoms. The summed E-state index contributed by atoms with van der Waals surface area (Å²) in [5, 5.41) is 25.3. The van der Waals surface area contributed by atoms with Gasteiger partial charge in [-0.3, -0.25) is 53.4 Å². The molecule has 2 aliphatic rings. The molecule has 2 aliphatic heterocycles. The zero-order valence-corrected chi connectivity index (χ0v) is 40.5. The van der Waals surface area contributed by atoms with Crippen LogP contribution >= 0.6 is 21.6 Å². The van der Waals surface area contributed by atoms with E-state index in [0.29, 0.717) is 18.4 Å². The van der Waals surface area contributed by atoms with Crippen LogP contribution in [-0.4, -0.2) is 141 Å². The maximum atomic E-state index is 14.5. The first kappa shape index (κ1) is 57.0. The van der Waals surface area contributed by atoms with Crippen LogP contribution in [0.3, 0.4) is 0 Å². The van der Waals surface area contributed by atoms with Crippen molar-refractivity contribution in [1.29, 1.82) is 0 Å². The molecule has 0 aliphatic carbocycles. The summed E-state index contributed by atoms with van der Waals surface area (Å²) in [6, 6.07) is -6.22. The standard InChI is InChI=1S/C42H65N13O12S2/c1-5-21(4)33-40(65)47-25(12-13-31(44)57)35(60)49-28(17-32(45)58)36(61)51-29(19-69-68-18-24(43)34(59)48-27(37(62)52-33)16-22-8-10-23(56)11-9-22)41(66)55-14-6-7-30(55)39(64)50-26(15-20(2)3)38(63)53-54-42(46)67/h8-11,20-21,24-30,33,56H,5-7,12-19,43H2,1-4H3,(H2,44,57)(H2,45,58)(H,47,65)(H,48,59)(H,49,60)(H,50,64)(H,51,61)(H,52,62)(H,53,63)(H3,46,54,67)/t21-,24-,25-,26-,27-,28-,29-,30-,33-/m0/s1. The summed E-state index contributed by atoms with van der Waals surface area (Å²) in [4.78, 5) is 148. The van der Waals surface area contributed by atoms with Crippen LogP contribution in [0.1, 0.15) is 78.2 Å². The molecule has 1 aromatic rings. The highest BCUT2D eigenvalue weighted by molar-refractivity contribution is 8.76. The van der Waals surface area contributed by atoms with E-state index in [1.54, 1.807) is 27.7 Å². The Bertz CT molecular complexity index is 2050. The Morgan fingerprint density at radius 3 is 2.00 bits per heavy atom. The minimum absolute atomic E-state index is 0.0373. The summed E-state index contributed by atoms with van der Waals surface area (Å²) in [5.41, 5.74) is 26.9. The maximum absolute atomic E-state index is 14.5. The van der Waals surface area contributed by atoms with Crippen molar-refractivity contribution in [2.45, 2.75) is 127 Å². The Morgan fingerprint density at radius 2 is 1.39 bits per heavy atom.